The number of nitrogens with zero attached hydrogens (tertiary/aromatic N) is 1. The highest BCUT2D eigenvalue weighted by Crippen LogP contribution is 2.28. The summed E-state index contributed by atoms with van der Waals surface area (Å²) in [5.41, 5.74) is 0. The van der Waals surface area contributed by atoms with E-state index >= 15 is 0 Å². The van der Waals surface area contributed by atoms with Gasteiger partial charge in [-0.05, 0) is 32.1 Å². The SMILES string of the molecule is CC(C)CCN(C1CCCC1)S(=O)(=O)C(C)CNC(C)C. The third-order valence-electron chi connectivity index (χ3n) is 4.31. The molecular weight excluding hydrogens is 284 g/mol. The lowest BCUT2D eigenvalue weighted by atomic mass is 10.1. The van der Waals surface area contributed by atoms with E-state index in [1.807, 2.05) is 25.1 Å². The van der Waals surface area contributed by atoms with Crippen LogP contribution in [0.3, 0.4) is 0 Å². The predicted octanol–water partition coefficient (Wildman–Crippen LogP) is 2.99. The Bertz CT molecular complexity index is 387. The molecule has 0 heterocycles. The molecule has 0 amide bonds. The van der Waals surface area contributed by atoms with Gasteiger partial charge in [0.1, 0.15) is 0 Å². The molecule has 0 aromatic heterocycles. The maximum atomic E-state index is 12.9. The van der Waals surface area contributed by atoms with E-state index in [1.54, 1.807) is 0 Å². The number of rotatable bonds is 9. The van der Waals surface area contributed by atoms with E-state index < -0.39 is 10.0 Å². The highest BCUT2D eigenvalue weighted by Gasteiger charge is 2.35. The Labute approximate surface area is 131 Å². The molecule has 1 aliphatic carbocycles. The van der Waals surface area contributed by atoms with E-state index in [4.69, 9.17) is 0 Å². The minimum atomic E-state index is -3.20. The van der Waals surface area contributed by atoms with Gasteiger partial charge in [-0.1, -0.05) is 40.5 Å². The van der Waals surface area contributed by atoms with Crippen molar-refractivity contribution in [3.8, 4) is 0 Å². The van der Waals surface area contributed by atoms with Gasteiger partial charge in [0, 0.05) is 25.2 Å². The summed E-state index contributed by atoms with van der Waals surface area (Å²) in [6.45, 7) is 11.5. The Morgan fingerprint density at radius 3 is 2.14 bits per heavy atom. The van der Waals surface area contributed by atoms with Gasteiger partial charge >= 0.3 is 0 Å². The van der Waals surface area contributed by atoms with Crippen LogP contribution < -0.4 is 5.32 Å². The van der Waals surface area contributed by atoms with E-state index in [9.17, 15) is 8.42 Å². The summed E-state index contributed by atoms with van der Waals surface area (Å²) in [5, 5.41) is 2.90. The molecule has 0 aromatic rings. The third-order valence-corrected chi connectivity index (χ3v) is 6.63. The molecule has 21 heavy (non-hydrogen) atoms. The molecule has 5 heteroatoms. The first-order chi connectivity index (χ1) is 9.75. The van der Waals surface area contributed by atoms with Crippen LogP contribution in [0.5, 0.6) is 0 Å². The summed E-state index contributed by atoms with van der Waals surface area (Å²) in [5.74, 6) is 0.535. The molecule has 4 nitrogen and oxygen atoms in total. The fraction of sp³-hybridized carbons (Fsp3) is 1.00. The predicted molar refractivity (Wildman–Crippen MR) is 89.9 cm³/mol. The maximum Gasteiger partial charge on any atom is 0.218 e. The Hall–Kier alpha value is -0.130. The highest BCUT2D eigenvalue weighted by molar-refractivity contribution is 7.89. The van der Waals surface area contributed by atoms with Crippen LogP contribution in [0.15, 0.2) is 0 Å². The lowest BCUT2D eigenvalue weighted by Gasteiger charge is -2.31. The van der Waals surface area contributed by atoms with Gasteiger partial charge in [0.15, 0.2) is 0 Å². The first-order valence-corrected chi connectivity index (χ1v) is 9.99. The van der Waals surface area contributed by atoms with Crippen LogP contribution in [-0.4, -0.2) is 43.1 Å². The van der Waals surface area contributed by atoms with Crippen molar-refractivity contribution in [2.24, 2.45) is 5.92 Å². The van der Waals surface area contributed by atoms with Gasteiger partial charge in [-0.3, -0.25) is 0 Å². The van der Waals surface area contributed by atoms with Gasteiger partial charge in [-0.25, -0.2) is 8.42 Å². The van der Waals surface area contributed by atoms with Gasteiger partial charge in [0.25, 0.3) is 0 Å². The standard InChI is InChI=1S/C16H34N2O2S/c1-13(2)10-11-18(16-8-6-7-9-16)21(19,20)15(5)12-17-14(3)4/h13-17H,6-12H2,1-5H3. The second-order valence-corrected chi connectivity index (χ2v) is 9.45. The molecule has 1 rings (SSSR count). The van der Waals surface area contributed by atoms with Gasteiger partial charge in [-0.15, -0.1) is 0 Å². The van der Waals surface area contributed by atoms with Crippen LogP contribution in [0.25, 0.3) is 0 Å². The van der Waals surface area contributed by atoms with Crippen LogP contribution >= 0.6 is 0 Å². The van der Waals surface area contributed by atoms with Crippen molar-refractivity contribution in [2.75, 3.05) is 13.1 Å². The zero-order chi connectivity index (χ0) is 16.0. The summed E-state index contributed by atoms with van der Waals surface area (Å²) in [4.78, 5) is 0. The monoisotopic (exact) mass is 318 g/mol. The van der Waals surface area contributed by atoms with Crippen molar-refractivity contribution in [1.29, 1.82) is 0 Å². The number of sulfonamides is 1. The van der Waals surface area contributed by atoms with Crippen molar-refractivity contribution in [1.82, 2.24) is 9.62 Å². The minimum Gasteiger partial charge on any atom is -0.313 e. The molecule has 0 aliphatic heterocycles. The molecule has 0 aromatic carbocycles. The lowest BCUT2D eigenvalue weighted by Crippen LogP contribution is -2.47. The van der Waals surface area contributed by atoms with Crippen molar-refractivity contribution in [2.45, 2.75) is 84.1 Å². The molecule has 1 N–H and O–H groups in total. The molecule has 0 bridgehead atoms. The van der Waals surface area contributed by atoms with Crippen LogP contribution in [0.4, 0.5) is 0 Å². The van der Waals surface area contributed by atoms with Crippen LogP contribution in [0, 0.1) is 5.92 Å². The number of nitrogens with one attached hydrogen (secondary N) is 1. The van der Waals surface area contributed by atoms with Crippen molar-refractivity contribution >= 4 is 10.0 Å². The lowest BCUT2D eigenvalue weighted by molar-refractivity contribution is 0.301. The van der Waals surface area contributed by atoms with Crippen molar-refractivity contribution in [3.63, 3.8) is 0 Å². The Kier molecular flexibility index (Phi) is 7.65. The Morgan fingerprint density at radius 2 is 1.67 bits per heavy atom. The minimum absolute atomic E-state index is 0.232. The van der Waals surface area contributed by atoms with E-state index in [-0.39, 0.29) is 11.3 Å². The molecular formula is C16H34N2O2S. The molecule has 0 saturated heterocycles. The van der Waals surface area contributed by atoms with Crippen molar-refractivity contribution < 1.29 is 8.42 Å². The molecule has 126 valence electrons. The summed E-state index contributed by atoms with van der Waals surface area (Å²) < 4.78 is 27.7. The van der Waals surface area contributed by atoms with E-state index in [1.165, 1.54) is 0 Å². The fourth-order valence-corrected chi connectivity index (χ4v) is 4.59. The molecule has 0 spiro atoms. The molecule has 1 fully saturated rings. The second-order valence-electron chi connectivity index (χ2n) is 7.15. The van der Waals surface area contributed by atoms with Gasteiger partial charge < -0.3 is 5.32 Å². The quantitative estimate of drug-likeness (QED) is 0.711. The molecule has 1 aliphatic rings. The fourth-order valence-electron chi connectivity index (χ4n) is 2.83. The first kappa shape index (κ1) is 18.9. The summed E-state index contributed by atoms with van der Waals surface area (Å²) in [7, 11) is -3.20. The van der Waals surface area contributed by atoms with Crippen LogP contribution in [0.1, 0.15) is 66.7 Å². The summed E-state index contributed by atoms with van der Waals surface area (Å²) in [6.07, 6.45) is 5.33. The molecule has 1 unspecified atom stereocenters. The molecule has 1 atom stereocenters. The third kappa shape index (κ3) is 5.87. The average Bonchev–Trinajstić information content (AvgIpc) is 2.89. The molecule has 1 saturated carbocycles. The van der Waals surface area contributed by atoms with E-state index in [0.29, 0.717) is 25.0 Å². The number of hydrogen-bond acceptors (Lipinski definition) is 3. The second kappa shape index (κ2) is 8.49. The normalized spacial score (nSPS) is 19.0. The highest BCUT2D eigenvalue weighted by atomic mass is 32.2. The first-order valence-electron chi connectivity index (χ1n) is 8.49. The van der Waals surface area contributed by atoms with E-state index in [2.05, 4.69) is 19.2 Å². The Balaban J connectivity index is 2.78. The summed E-state index contributed by atoms with van der Waals surface area (Å²) in [6, 6.07) is 0.550. The van der Waals surface area contributed by atoms with Gasteiger partial charge in [0.2, 0.25) is 10.0 Å². The smallest absolute Gasteiger partial charge is 0.218 e. The average molecular weight is 319 g/mol. The zero-order valence-corrected chi connectivity index (χ0v) is 15.2. The molecule has 0 radical (unpaired) electrons. The van der Waals surface area contributed by atoms with E-state index in [0.717, 1.165) is 32.1 Å². The van der Waals surface area contributed by atoms with Gasteiger partial charge in [-0.2, -0.15) is 4.31 Å². The van der Waals surface area contributed by atoms with Crippen LogP contribution in [-0.2, 0) is 10.0 Å². The van der Waals surface area contributed by atoms with Crippen molar-refractivity contribution in [3.05, 3.63) is 0 Å². The Morgan fingerprint density at radius 1 is 1.10 bits per heavy atom. The van der Waals surface area contributed by atoms with Gasteiger partial charge in [0.05, 0.1) is 5.25 Å². The maximum absolute atomic E-state index is 12.9. The number of hydrogen-bond donors (Lipinski definition) is 1. The van der Waals surface area contributed by atoms with Crippen LogP contribution in [0.2, 0.25) is 0 Å². The zero-order valence-electron chi connectivity index (χ0n) is 14.4. The topological polar surface area (TPSA) is 49.4 Å². The summed E-state index contributed by atoms with van der Waals surface area (Å²) >= 11 is 0. The largest absolute Gasteiger partial charge is 0.313 e.